The first-order valence-corrected chi connectivity index (χ1v) is 9.98. The molecule has 10 heteroatoms. The van der Waals surface area contributed by atoms with Crippen molar-refractivity contribution < 1.29 is 13.9 Å². The van der Waals surface area contributed by atoms with Crippen LogP contribution in [-0.2, 0) is 0 Å². The van der Waals surface area contributed by atoms with Gasteiger partial charge in [0, 0.05) is 22.8 Å². The third-order valence-electron chi connectivity index (χ3n) is 5.45. The fraction of sp³-hybridized carbons (Fsp3) is 0.429. The van der Waals surface area contributed by atoms with E-state index in [1.54, 1.807) is 12.1 Å². The Morgan fingerprint density at radius 2 is 1.94 bits per heavy atom. The molecule has 1 aliphatic rings. The van der Waals surface area contributed by atoms with Gasteiger partial charge in [0.1, 0.15) is 29.1 Å². The van der Waals surface area contributed by atoms with Crippen LogP contribution in [0.2, 0.25) is 0 Å². The fourth-order valence-corrected chi connectivity index (χ4v) is 4.27. The number of aromatic nitrogens is 5. The van der Waals surface area contributed by atoms with Crippen molar-refractivity contribution in [3.63, 3.8) is 0 Å². The molecule has 1 aliphatic heterocycles. The number of aromatic amines is 1. The van der Waals surface area contributed by atoms with Crippen molar-refractivity contribution in [3.05, 3.63) is 36.5 Å². The van der Waals surface area contributed by atoms with E-state index in [1.165, 1.54) is 18.5 Å². The van der Waals surface area contributed by atoms with Crippen molar-refractivity contribution in [2.45, 2.75) is 57.4 Å². The third-order valence-corrected chi connectivity index (χ3v) is 5.45. The molecule has 0 saturated carbocycles. The van der Waals surface area contributed by atoms with Gasteiger partial charge in [0.25, 0.3) is 0 Å². The standard InChI is InChI=1S/C21H25F2N7O/c1-20(2)8-14(18(22)21(3,4)30-20)26-16-6-5-13(27-28-16)17-15(31)7-11(9-24-17)12-10-25-29-19(12)23/h5-7,9-10,14,18,30-31H,8H2,1-4H3,(H,25,29)(H,26,28)/t14-,18-/m0/s1. The number of alkyl halides is 1. The van der Waals surface area contributed by atoms with Crippen LogP contribution in [0.25, 0.3) is 22.5 Å². The summed E-state index contributed by atoms with van der Waals surface area (Å²) in [5, 5.41) is 30.9. The molecular formula is C21H25F2N7O. The second kappa shape index (κ2) is 7.52. The zero-order chi connectivity index (χ0) is 22.4. The average molecular weight is 429 g/mol. The lowest BCUT2D eigenvalue weighted by molar-refractivity contribution is 0.0655. The number of piperidine rings is 1. The number of anilines is 1. The van der Waals surface area contributed by atoms with E-state index in [4.69, 9.17) is 0 Å². The molecule has 1 saturated heterocycles. The largest absolute Gasteiger partial charge is 0.506 e. The zero-order valence-electron chi connectivity index (χ0n) is 17.7. The van der Waals surface area contributed by atoms with Gasteiger partial charge in [0.2, 0.25) is 5.95 Å². The van der Waals surface area contributed by atoms with Gasteiger partial charge in [-0.2, -0.15) is 9.49 Å². The highest BCUT2D eigenvalue weighted by molar-refractivity contribution is 5.70. The van der Waals surface area contributed by atoms with Crippen LogP contribution in [0.5, 0.6) is 5.75 Å². The quantitative estimate of drug-likeness (QED) is 0.503. The van der Waals surface area contributed by atoms with E-state index in [0.717, 1.165) is 0 Å². The lowest BCUT2D eigenvalue weighted by atomic mass is 9.78. The number of nitrogens with zero attached hydrogens (tertiary/aromatic N) is 4. The van der Waals surface area contributed by atoms with Gasteiger partial charge in [-0.15, -0.1) is 10.2 Å². The monoisotopic (exact) mass is 429 g/mol. The van der Waals surface area contributed by atoms with Gasteiger partial charge >= 0.3 is 0 Å². The van der Waals surface area contributed by atoms with E-state index in [2.05, 4.69) is 36.0 Å². The van der Waals surface area contributed by atoms with Gasteiger partial charge < -0.3 is 15.7 Å². The molecule has 0 aliphatic carbocycles. The molecule has 4 rings (SSSR count). The summed E-state index contributed by atoms with van der Waals surface area (Å²) in [7, 11) is 0. The normalized spacial score (nSPS) is 22.3. The molecular weight excluding hydrogens is 404 g/mol. The van der Waals surface area contributed by atoms with Gasteiger partial charge in [0.15, 0.2) is 0 Å². The second-order valence-electron chi connectivity index (χ2n) is 9.08. The number of hydrogen-bond acceptors (Lipinski definition) is 7. The molecule has 0 aromatic carbocycles. The number of halogens is 2. The minimum atomic E-state index is -1.12. The zero-order valence-corrected chi connectivity index (χ0v) is 17.7. The Morgan fingerprint density at radius 1 is 1.16 bits per heavy atom. The number of hydrogen-bond donors (Lipinski definition) is 4. The maximum absolute atomic E-state index is 15.0. The van der Waals surface area contributed by atoms with Gasteiger partial charge in [-0.3, -0.25) is 5.10 Å². The van der Waals surface area contributed by atoms with E-state index in [1.807, 2.05) is 27.7 Å². The molecule has 0 spiro atoms. The topological polar surface area (TPSA) is 112 Å². The molecule has 0 radical (unpaired) electrons. The Kier molecular flexibility index (Phi) is 5.12. The van der Waals surface area contributed by atoms with Crippen molar-refractivity contribution >= 4 is 5.82 Å². The molecule has 0 unspecified atom stereocenters. The van der Waals surface area contributed by atoms with Crippen LogP contribution in [-0.4, -0.2) is 53.8 Å². The lowest BCUT2D eigenvalue weighted by Gasteiger charge is -2.48. The van der Waals surface area contributed by atoms with Crippen LogP contribution in [0, 0.1) is 5.95 Å². The summed E-state index contributed by atoms with van der Waals surface area (Å²) in [6, 6.07) is 4.26. The van der Waals surface area contributed by atoms with E-state index in [-0.39, 0.29) is 22.5 Å². The van der Waals surface area contributed by atoms with Gasteiger partial charge in [-0.05, 0) is 52.3 Å². The molecule has 3 aromatic heterocycles. The molecule has 1 fully saturated rings. The van der Waals surface area contributed by atoms with E-state index in [0.29, 0.717) is 23.5 Å². The van der Waals surface area contributed by atoms with E-state index < -0.39 is 23.7 Å². The second-order valence-corrected chi connectivity index (χ2v) is 9.08. The van der Waals surface area contributed by atoms with Gasteiger partial charge in [-0.25, -0.2) is 9.37 Å². The number of nitrogens with one attached hydrogen (secondary N) is 3. The first-order chi connectivity index (χ1) is 14.6. The van der Waals surface area contributed by atoms with Crippen molar-refractivity contribution in [1.29, 1.82) is 0 Å². The first kappa shape index (κ1) is 21.1. The van der Waals surface area contributed by atoms with Crippen molar-refractivity contribution in [1.82, 2.24) is 30.7 Å². The Labute approximate surface area is 178 Å². The average Bonchev–Trinajstić information content (AvgIpc) is 3.11. The van der Waals surface area contributed by atoms with Gasteiger partial charge in [-0.1, -0.05) is 0 Å². The molecule has 0 amide bonds. The summed E-state index contributed by atoms with van der Waals surface area (Å²) in [5.74, 6) is -0.347. The van der Waals surface area contributed by atoms with Crippen LogP contribution >= 0.6 is 0 Å². The fourth-order valence-electron chi connectivity index (χ4n) is 4.27. The highest BCUT2D eigenvalue weighted by atomic mass is 19.1. The van der Waals surface area contributed by atoms with Crippen molar-refractivity contribution in [2.75, 3.05) is 5.32 Å². The van der Waals surface area contributed by atoms with E-state index in [9.17, 15) is 13.9 Å². The SMILES string of the molecule is CC1(C)C[C@H](Nc2ccc(-c3ncc(-c4cn[nH]c4F)cc3O)nn2)[C@H](F)C(C)(C)N1. The number of aromatic hydroxyl groups is 1. The number of rotatable bonds is 4. The molecule has 2 atom stereocenters. The summed E-state index contributed by atoms with van der Waals surface area (Å²) in [6.07, 6.45) is 2.19. The molecule has 4 N–H and O–H groups in total. The maximum atomic E-state index is 15.0. The highest BCUT2D eigenvalue weighted by Crippen LogP contribution is 2.33. The Hall–Kier alpha value is -3.14. The summed E-state index contributed by atoms with van der Waals surface area (Å²) < 4.78 is 28.6. The molecule has 0 bridgehead atoms. The first-order valence-electron chi connectivity index (χ1n) is 9.98. The Bertz CT molecular complexity index is 1080. The summed E-state index contributed by atoms with van der Waals surface area (Å²) in [6.45, 7) is 7.76. The van der Waals surface area contributed by atoms with Crippen LogP contribution in [0.3, 0.4) is 0 Å². The Morgan fingerprint density at radius 3 is 2.55 bits per heavy atom. The number of pyridine rings is 1. The highest BCUT2D eigenvalue weighted by Gasteiger charge is 2.46. The minimum absolute atomic E-state index is 0.168. The summed E-state index contributed by atoms with van der Waals surface area (Å²) in [5.41, 5.74) is 0.212. The van der Waals surface area contributed by atoms with Crippen LogP contribution in [0.4, 0.5) is 14.6 Å². The van der Waals surface area contributed by atoms with Crippen LogP contribution in [0.1, 0.15) is 34.1 Å². The third kappa shape index (κ3) is 4.20. The molecule has 164 valence electrons. The number of H-pyrrole nitrogens is 1. The smallest absolute Gasteiger partial charge is 0.216 e. The summed E-state index contributed by atoms with van der Waals surface area (Å²) >= 11 is 0. The van der Waals surface area contributed by atoms with Gasteiger partial charge in [0.05, 0.1) is 17.8 Å². The minimum Gasteiger partial charge on any atom is -0.506 e. The molecule has 8 nitrogen and oxygen atoms in total. The predicted molar refractivity (Wildman–Crippen MR) is 113 cm³/mol. The van der Waals surface area contributed by atoms with Crippen molar-refractivity contribution in [2.24, 2.45) is 0 Å². The van der Waals surface area contributed by atoms with Crippen LogP contribution < -0.4 is 10.6 Å². The van der Waals surface area contributed by atoms with Crippen LogP contribution in [0.15, 0.2) is 30.6 Å². The Balaban J connectivity index is 1.53. The van der Waals surface area contributed by atoms with E-state index >= 15 is 0 Å². The summed E-state index contributed by atoms with van der Waals surface area (Å²) in [4.78, 5) is 4.19. The maximum Gasteiger partial charge on any atom is 0.216 e. The molecule has 3 aromatic rings. The molecule has 31 heavy (non-hydrogen) atoms. The lowest BCUT2D eigenvalue weighted by Crippen LogP contribution is -2.67. The predicted octanol–water partition coefficient (Wildman–Crippen LogP) is 3.44. The van der Waals surface area contributed by atoms with Crippen molar-refractivity contribution in [3.8, 4) is 28.3 Å². The molecule has 4 heterocycles.